The lowest BCUT2D eigenvalue weighted by atomic mass is 10.0. The SMILES string of the molecule is CCSCCN[C@H](C)c1ccccc1C. The first-order valence-electron chi connectivity index (χ1n) is 5.62. The third-order valence-corrected chi connectivity index (χ3v) is 3.46. The van der Waals surface area contributed by atoms with E-state index in [1.54, 1.807) is 0 Å². The second kappa shape index (κ2) is 6.91. The van der Waals surface area contributed by atoms with E-state index in [0.29, 0.717) is 6.04 Å². The Bertz CT molecular complexity index is 286. The number of benzene rings is 1. The summed E-state index contributed by atoms with van der Waals surface area (Å²) in [5.74, 6) is 2.41. The van der Waals surface area contributed by atoms with Gasteiger partial charge in [-0.3, -0.25) is 0 Å². The van der Waals surface area contributed by atoms with E-state index in [4.69, 9.17) is 0 Å². The second-order valence-electron chi connectivity index (χ2n) is 3.73. The van der Waals surface area contributed by atoms with Crippen molar-refractivity contribution < 1.29 is 0 Å². The molecule has 84 valence electrons. The molecule has 0 radical (unpaired) electrons. The zero-order valence-corrected chi connectivity index (χ0v) is 10.7. The molecule has 1 N–H and O–H groups in total. The molecule has 1 rings (SSSR count). The summed E-state index contributed by atoms with van der Waals surface area (Å²) in [6.45, 7) is 7.71. The second-order valence-corrected chi connectivity index (χ2v) is 5.12. The molecule has 0 saturated heterocycles. The van der Waals surface area contributed by atoms with E-state index in [0.717, 1.165) is 6.54 Å². The van der Waals surface area contributed by atoms with E-state index in [2.05, 4.69) is 50.4 Å². The van der Waals surface area contributed by atoms with Crippen LogP contribution in [0.25, 0.3) is 0 Å². The molecule has 0 aliphatic heterocycles. The van der Waals surface area contributed by atoms with Gasteiger partial charge in [-0.2, -0.15) is 11.8 Å². The summed E-state index contributed by atoms with van der Waals surface area (Å²) in [6.07, 6.45) is 0. The minimum atomic E-state index is 0.462. The molecule has 0 fully saturated rings. The van der Waals surface area contributed by atoms with E-state index < -0.39 is 0 Å². The van der Waals surface area contributed by atoms with Crippen molar-refractivity contribution in [3.8, 4) is 0 Å². The third kappa shape index (κ3) is 4.27. The Hall–Kier alpha value is -0.470. The number of hydrogen-bond donors (Lipinski definition) is 1. The topological polar surface area (TPSA) is 12.0 Å². The molecule has 1 aromatic rings. The van der Waals surface area contributed by atoms with Crippen LogP contribution >= 0.6 is 11.8 Å². The van der Waals surface area contributed by atoms with Gasteiger partial charge in [-0.25, -0.2) is 0 Å². The molecule has 0 bridgehead atoms. The van der Waals surface area contributed by atoms with Crippen molar-refractivity contribution in [3.63, 3.8) is 0 Å². The van der Waals surface area contributed by atoms with Crippen LogP contribution in [-0.2, 0) is 0 Å². The highest BCUT2D eigenvalue weighted by molar-refractivity contribution is 7.99. The molecule has 0 amide bonds. The van der Waals surface area contributed by atoms with Crippen LogP contribution in [0, 0.1) is 6.92 Å². The Balaban J connectivity index is 2.40. The van der Waals surface area contributed by atoms with Crippen LogP contribution in [-0.4, -0.2) is 18.1 Å². The molecule has 0 heterocycles. The molecule has 0 spiro atoms. The van der Waals surface area contributed by atoms with Crippen LogP contribution in [0.5, 0.6) is 0 Å². The summed E-state index contributed by atoms with van der Waals surface area (Å²) < 4.78 is 0. The van der Waals surface area contributed by atoms with Crippen molar-refractivity contribution in [3.05, 3.63) is 35.4 Å². The Labute approximate surface area is 97.7 Å². The van der Waals surface area contributed by atoms with Crippen molar-refractivity contribution in [1.82, 2.24) is 5.32 Å². The number of rotatable bonds is 6. The minimum absolute atomic E-state index is 0.462. The lowest BCUT2D eigenvalue weighted by Gasteiger charge is -2.16. The standard InChI is InChI=1S/C13H21NS/c1-4-15-10-9-14-12(3)13-8-6-5-7-11(13)2/h5-8,12,14H,4,9-10H2,1-3H3/t12-/m1/s1. The highest BCUT2D eigenvalue weighted by Crippen LogP contribution is 2.16. The van der Waals surface area contributed by atoms with Crippen LogP contribution in [0.4, 0.5) is 0 Å². The summed E-state index contributed by atoms with van der Waals surface area (Å²) >= 11 is 1.99. The minimum Gasteiger partial charge on any atom is -0.309 e. The molecule has 0 saturated carbocycles. The number of hydrogen-bond acceptors (Lipinski definition) is 2. The molecule has 1 aromatic carbocycles. The molecule has 0 aliphatic rings. The van der Waals surface area contributed by atoms with Gasteiger partial charge in [0, 0.05) is 18.3 Å². The van der Waals surface area contributed by atoms with Gasteiger partial charge in [-0.15, -0.1) is 0 Å². The quantitative estimate of drug-likeness (QED) is 0.742. The highest BCUT2D eigenvalue weighted by atomic mass is 32.2. The van der Waals surface area contributed by atoms with Crippen LogP contribution in [0.2, 0.25) is 0 Å². The van der Waals surface area contributed by atoms with E-state index in [1.807, 2.05) is 11.8 Å². The lowest BCUT2D eigenvalue weighted by molar-refractivity contribution is 0.598. The Morgan fingerprint density at radius 3 is 2.73 bits per heavy atom. The van der Waals surface area contributed by atoms with Gasteiger partial charge in [0.05, 0.1) is 0 Å². The van der Waals surface area contributed by atoms with Gasteiger partial charge in [0.15, 0.2) is 0 Å². The monoisotopic (exact) mass is 223 g/mol. The van der Waals surface area contributed by atoms with Crippen molar-refractivity contribution in [2.45, 2.75) is 26.8 Å². The number of aryl methyl sites for hydroxylation is 1. The summed E-state index contributed by atoms with van der Waals surface area (Å²) in [7, 11) is 0. The molecule has 2 heteroatoms. The van der Waals surface area contributed by atoms with Crippen LogP contribution in [0.1, 0.15) is 31.0 Å². The largest absolute Gasteiger partial charge is 0.309 e. The van der Waals surface area contributed by atoms with E-state index >= 15 is 0 Å². The smallest absolute Gasteiger partial charge is 0.0294 e. The number of nitrogens with one attached hydrogen (secondary N) is 1. The molecule has 0 aliphatic carbocycles. The molecule has 15 heavy (non-hydrogen) atoms. The van der Waals surface area contributed by atoms with Crippen molar-refractivity contribution in [1.29, 1.82) is 0 Å². The van der Waals surface area contributed by atoms with Crippen LogP contribution in [0.3, 0.4) is 0 Å². The van der Waals surface area contributed by atoms with Crippen LogP contribution in [0.15, 0.2) is 24.3 Å². The summed E-state index contributed by atoms with van der Waals surface area (Å²) in [6, 6.07) is 9.05. The average molecular weight is 223 g/mol. The zero-order valence-electron chi connectivity index (χ0n) is 9.92. The maximum absolute atomic E-state index is 3.55. The highest BCUT2D eigenvalue weighted by Gasteiger charge is 2.05. The lowest BCUT2D eigenvalue weighted by Crippen LogP contribution is -2.22. The molecule has 1 nitrogen and oxygen atoms in total. The third-order valence-electron chi connectivity index (χ3n) is 2.56. The Kier molecular flexibility index (Phi) is 5.81. The average Bonchev–Trinajstić information content (AvgIpc) is 2.25. The fourth-order valence-electron chi connectivity index (χ4n) is 1.67. The van der Waals surface area contributed by atoms with Gasteiger partial charge < -0.3 is 5.32 Å². The molecule has 0 aromatic heterocycles. The summed E-state index contributed by atoms with van der Waals surface area (Å²) in [4.78, 5) is 0. The van der Waals surface area contributed by atoms with Crippen molar-refractivity contribution >= 4 is 11.8 Å². The first-order valence-corrected chi connectivity index (χ1v) is 6.77. The van der Waals surface area contributed by atoms with Gasteiger partial charge >= 0.3 is 0 Å². The van der Waals surface area contributed by atoms with E-state index in [1.165, 1.54) is 22.6 Å². The Morgan fingerprint density at radius 1 is 1.33 bits per heavy atom. The predicted octanol–water partition coefficient (Wildman–Crippen LogP) is 3.40. The van der Waals surface area contributed by atoms with Gasteiger partial charge in [0.25, 0.3) is 0 Å². The molecule has 0 unspecified atom stereocenters. The van der Waals surface area contributed by atoms with Gasteiger partial charge in [-0.1, -0.05) is 31.2 Å². The van der Waals surface area contributed by atoms with E-state index in [-0.39, 0.29) is 0 Å². The molecular weight excluding hydrogens is 202 g/mol. The summed E-state index contributed by atoms with van der Waals surface area (Å²) in [5, 5.41) is 3.55. The van der Waals surface area contributed by atoms with Gasteiger partial charge in [0.1, 0.15) is 0 Å². The van der Waals surface area contributed by atoms with Crippen molar-refractivity contribution in [2.24, 2.45) is 0 Å². The fraction of sp³-hybridized carbons (Fsp3) is 0.538. The molecule has 1 atom stereocenters. The van der Waals surface area contributed by atoms with Gasteiger partial charge in [-0.05, 0) is 30.7 Å². The zero-order chi connectivity index (χ0) is 11.1. The first-order chi connectivity index (χ1) is 7.25. The molecular formula is C13H21NS. The first kappa shape index (κ1) is 12.6. The van der Waals surface area contributed by atoms with Gasteiger partial charge in [0.2, 0.25) is 0 Å². The fourth-order valence-corrected chi connectivity index (χ4v) is 2.23. The normalized spacial score (nSPS) is 12.7. The Morgan fingerprint density at radius 2 is 2.07 bits per heavy atom. The van der Waals surface area contributed by atoms with Crippen molar-refractivity contribution in [2.75, 3.05) is 18.1 Å². The summed E-state index contributed by atoms with van der Waals surface area (Å²) in [5.41, 5.74) is 2.79. The maximum Gasteiger partial charge on any atom is 0.0294 e. The maximum atomic E-state index is 3.55. The van der Waals surface area contributed by atoms with Crippen LogP contribution < -0.4 is 5.32 Å². The van der Waals surface area contributed by atoms with E-state index in [9.17, 15) is 0 Å². The number of thioether (sulfide) groups is 1. The predicted molar refractivity (Wildman–Crippen MR) is 70.6 cm³/mol.